The Bertz CT molecular complexity index is 378. The molecule has 2 N–H and O–H groups in total. The van der Waals surface area contributed by atoms with E-state index in [0.717, 1.165) is 32.3 Å². The largest absolute Gasteiger partial charge is 0.370 e. The molecule has 1 aromatic rings. The predicted molar refractivity (Wildman–Crippen MR) is 56.5 cm³/mol. The third kappa shape index (κ3) is 1.64. The van der Waals surface area contributed by atoms with Crippen molar-refractivity contribution in [3.63, 3.8) is 0 Å². The average molecular weight is 223 g/mol. The van der Waals surface area contributed by atoms with Gasteiger partial charge in [0.25, 0.3) is 0 Å². The second-order valence-electron chi connectivity index (χ2n) is 5.02. The highest BCUT2D eigenvalue weighted by atomic mass is 16.5. The summed E-state index contributed by atoms with van der Waals surface area (Å²) in [6, 6.07) is 0. The van der Waals surface area contributed by atoms with Crippen LogP contribution < -0.4 is 5.73 Å². The molecule has 1 saturated carbocycles. The summed E-state index contributed by atoms with van der Waals surface area (Å²) >= 11 is 0. The summed E-state index contributed by atoms with van der Waals surface area (Å²) in [6.45, 7) is 2.76. The highest BCUT2D eigenvalue weighted by Crippen LogP contribution is 2.43. The van der Waals surface area contributed by atoms with Crippen LogP contribution in [0.1, 0.15) is 50.4 Å². The fourth-order valence-corrected chi connectivity index (χ4v) is 2.22. The lowest BCUT2D eigenvalue weighted by atomic mass is 9.97. The van der Waals surface area contributed by atoms with E-state index in [1.165, 1.54) is 0 Å². The zero-order valence-corrected chi connectivity index (χ0v) is 9.48. The molecule has 2 heterocycles. The molecule has 2 unspecified atom stereocenters. The minimum Gasteiger partial charge on any atom is -0.370 e. The van der Waals surface area contributed by atoms with E-state index in [2.05, 4.69) is 10.1 Å². The van der Waals surface area contributed by atoms with E-state index in [0.29, 0.717) is 17.6 Å². The highest BCUT2D eigenvalue weighted by molar-refractivity contribution is 5.08. The van der Waals surface area contributed by atoms with Crippen molar-refractivity contribution >= 4 is 0 Å². The van der Waals surface area contributed by atoms with E-state index in [9.17, 15) is 0 Å². The number of hydrogen-bond donors (Lipinski definition) is 1. The zero-order chi connectivity index (χ0) is 11.2. The second kappa shape index (κ2) is 3.53. The van der Waals surface area contributed by atoms with E-state index in [4.69, 9.17) is 15.0 Å². The normalized spacial score (nSPS) is 29.2. The average Bonchev–Trinajstić information content (AvgIpc) is 2.82. The number of nitrogens with two attached hydrogens (primary N) is 1. The van der Waals surface area contributed by atoms with Crippen LogP contribution in [0.15, 0.2) is 4.52 Å². The van der Waals surface area contributed by atoms with Gasteiger partial charge in [-0.05, 0) is 38.5 Å². The van der Waals surface area contributed by atoms with Crippen molar-refractivity contribution in [1.82, 2.24) is 10.1 Å². The van der Waals surface area contributed by atoms with Gasteiger partial charge < -0.3 is 15.0 Å². The lowest BCUT2D eigenvalue weighted by Crippen LogP contribution is -2.35. The molecule has 0 bridgehead atoms. The van der Waals surface area contributed by atoms with Crippen molar-refractivity contribution in [2.75, 3.05) is 6.61 Å². The molecule has 2 aliphatic rings. The van der Waals surface area contributed by atoms with Gasteiger partial charge in [0.2, 0.25) is 11.7 Å². The van der Waals surface area contributed by atoms with E-state index >= 15 is 0 Å². The van der Waals surface area contributed by atoms with Crippen LogP contribution in [0.25, 0.3) is 0 Å². The quantitative estimate of drug-likeness (QED) is 0.840. The number of aromatic nitrogens is 2. The minimum atomic E-state index is -0.468. The molecular formula is C11H17N3O2. The molecule has 0 radical (unpaired) electrons. The molecule has 1 aromatic heterocycles. The third-order valence-electron chi connectivity index (χ3n) is 3.55. The zero-order valence-electron chi connectivity index (χ0n) is 9.48. The fraction of sp³-hybridized carbons (Fsp3) is 0.818. The van der Waals surface area contributed by atoms with Crippen LogP contribution in [0.5, 0.6) is 0 Å². The summed E-state index contributed by atoms with van der Waals surface area (Å²) < 4.78 is 10.8. The van der Waals surface area contributed by atoms with Gasteiger partial charge in [-0.3, -0.25) is 0 Å². The topological polar surface area (TPSA) is 74.2 Å². The van der Waals surface area contributed by atoms with Crippen molar-refractivity contribution in [2.24, 2.45) is 11.7 Å². The predicted octanol–water partition coefficient (Wildman–Crippen LogP) is 1.50. The van der Waals surface area contributed by atoms with Crippen molar-refractivity contribution in [1.29, 1.82) is 0 Å². The molecule has 0 amide bonds. The van der Waals surface area contributed by atoms with Crippen molar-refractivity contribution in [2.45, 2.75) is 44.2 Å². The van der Waals surface area contributed by atoms with Gasteiger partial charge in [-0.2, -0.15) is 4.98 Å². The summed E-state index contributed by atoms with van der Waals surface area (Å²) in [7, 11) is 0. The summed E-state index contributed by atoms with van der Waals surface area (Å²) in [5.74, 6) is 1.70. The Labute approximate surface area is 94.3 Å². The molecule has 5 nitrogen and oxygen atoms in total. The molecule has 1 aliphatic carbocycles. The van der Waals surface area contributed by atoms with Gasteiger partial charge in [0.1, 0.15) is 6.10 Å². The number of rotatable bonds is 3. The lowest BCUT2D eigenvalue weighted by Gasteiger charge is -2.18. The molecule has 0 aromatic carbocycles. The first-order chi connectivity index (χ1) is 7.68. The first kappa shape index (κ1) is 10.2. The molecule has 3 rings (SSSR count). The fourth-order valence-electron chi connectivity index (χ4n) is 2.22. The highest BCUT2D eigenvalue weighted by Gasteiger charge is 2.44. The maximum absolute atomic E-state index is 6.22. The Morgan fingerprint density at radius 1 is 1.38 bits per heavy atom. The van der Waals surface area contributed by atoms with Crippen molar-refractivity contribution in [3.8, 4) is 0 Å². The maximum atomic E-state index is 6.22. The molecular weight excluding hydrogens is 206 g/mol. The maximum Gasteiger partial charge on any atom is 0.246 e. The molecule has 1 aliphatic heterocycles. The van der Waals surface area contributed by atoms with Crippen LogP contribution in [0.4, 0.5) is 0 Å². The van der Waals surface area contributed by atoms with Crippen LogP contribution in [-0.4, -0.2) is 16.7 Å². The smallest absolute Gasteiger partial charge is 0.246 e. The first-order valence-electron chi connectivity index (χ1n) is 5.92. The van der Waals surface area contributed by atoms with Crippen LogP contribution in [-0.2, 0) is 10.3 Å². The standard InChI is InChI=1S/C11H17N3O2/c1-11(12,7-4-5-7)10-13-9(14-16-10)8-3-2-6-15-8/h7-8H,2-6,12H2,1H3. The Hall–Kier alpha value is -0.940. The van der Waals surface area contributed by atoms with Crippen LogP contribution in [0.3, 0.4) is 0 Å². The van der Waals surface area contributed by atoms with E-state index in [-0.39, 0.29) is 6.10 Å². The van der Waals surface area contributed by atoms with Gasteiger partial charge in [-0.25, -0.2) is 0 Å². The molecule has 1 saturated heterocycles. The summed E-state index contributed by atoms with van der Waals surface area (Å²) in [5, 5.41) is 3.98. The second-order valence-corrected chi connectivity index (χ2v) is 5.02. The molecule has 16 heavy (non-hydrogen) atoms. The van der Waals surface area contributed by atoms with E-state index < -0.39 is 5.54 Å². The monoisotopic (exact) mass is 223 g/mol. The summed E-state index contributed by atoms with van der Waals surface area (Å²) in [6.07, 6.45) is 4.36. The molecule has 5 heteroatoms. The molecule has 0 spiro atoms. The Kier molecular flexibility index (Phi) is 2.26. The number of ether oxygens (including phenoxy) is 1. The van der Waals surface area contributed by atoms with Gasteiger partial charge in [0.15, 0.2) is 0 Å². The Morgan fingerprint density at radius 3 is 2.81 bits per heavy atom. The number of hydrogen-bond acceptors (Lipinski definition) is 5. The van der Waals surface area contributed by atoms with Crippen molar-refractivity contribution < 1.29 is 9.26 Å². The Morgan fingerprint density at radius 2 is 2.19 bits per heavy atom. The van der Waals surface area contributed by atoms with Crippen LogP contribution in [0.2, 0.25) is 0 Å². The van der Waals surface area contributed by atoms with E-state index in [1.807, 2.05) is 6.92 Å². The third-order valence-corrected chi connectivity index (χ3v) is 3.55. The molecule has 2 fully saturated rings. The van der Waals surface area contributed by atoms with Gasteiger partial charge >= 0.3 is 0 Å². The van der Waals surface area contributed by atoms with Crippen molar-refractivity contribution in [3.05, 3.63) is 11.7 Å². The number of nitrogens with zero attached hydrogens (tertiary/aromatic N) is 2. The van der Waals surface area contributed by atoms with Gasteiger partial charge in [0, 0.05) is 6.61 Å². The van der Waals surface area contributed by atoms with Crippen LogP contribution in [0, 0.1) is 5.92 Å². The summed E-state index contributed by atoms with van der Waals surface area (Å²) in [5.41, 5.74) is 5.75. The first-order valence-corrected chi connectivity index (χ1v) is 5.92. The minimum absolute atomic E-state index is 0.00695. The van der Waals surface area contributed by atoms with Crippen LogP contribution >= 0.6 is 0 Å². The van der Waals surface area contributed by atoms with Gasteiger partial charge in [-0.1, -0.05) is 5.16 Å². The van der Waals surface area contributed by atoms with E-state index in [1.54, 1.807) is 0 Å². The molecule has 2 atom stereocenters. The van der Waals surface area contributed by atoms with Gasteiger partial charge in [0.05, 0.1) is 5.54 Å². The SMILES string of the molecule is CC(N)(c1nc(C2CCCO2)no1)C1CC1. The van der Waals surface area contributed by atoms with Gasteiger partial charge in [-0.15, -0.1) is 0 Å². The lowest BCUT2D eigenvalue weighted by molar-refractivity contribution is 0.103. The molecule has 88 valence electrons. The summed E-state index contributed by atoms with van der Waals surface area (Å²) in [4.78, 5) is 4.40. The Balaban J connectivity index is 1.81.